The minimum Gasteiger partial charge on any atom is -0.387 e. The summed E-state index contributed by atoms with van der Waals surface area (Å²) in [6, 6.07) is 8.57. The van der Waals surface area contributed by atoms with Crippen LogP contribution in [-0.4, -0.2) is 29.1 Å². The highest BCUT2D eigenvalue weighted by molar-refractivity contribution is 6.35. The number of aromatic nitrogens is 1. The molecule has 2 aromatic rings. The number of alkyl halides is 1. The predicted octanol–water partition coefficient (Wildman–Crippen LogP) is 5.48. The minimum absolute atomic E-state index is 0.0382. The van der Waals surface area contributed by atoms with Gasteiger partial charge in [0.25, 0.3) is 0 Å². The first-order valence-electron chi connectivity index (χ1n) is 10.2. The van der Waals surface area contributed by atoms with Crippen molar-refractivity contribution < 1.29 is 19.0 Å². The molecule has 1 aromatic carbocycles. The number of Topliss-reactive ketones (excluding diaryl/α,β-unsaturated/α-hetero) is 1. The van der Waals surface area contributed by atoms with Crippen molar-refractivity contribution in [2.24, 2.45) is 0 Å². The van der Waals surface area contributed by atoms with Crippen molar-refractivity contribution in [3.8, 4) is 0 Å². The molecule has 160 valence electrons. The molecule has 2 aliphatic rings. The summed E-state index contributed by atoms with van der Waals surface area (Å²) in [4.78, 5) is 17.3. The number of aliphatic hydroxyl groups is 1. The smallest absolute Gasteiger partial charge is 0.195 e. The number of ether oxygens (including phenoxy) is 1. The van der Waals surface area contributed by atoms with Crippen LogP contribution in [0.25, 0.3) is 0 Å². The van der Waals surface area contributed by atoms with Gasteiger partial charge in [-0.3, -0.25) is 9.78 Å². The van der Waals surface area contributed by atoms with Crippen LogP contribution in [0, 0.1) is 0 Å². The molecule has 1 fully saturated rings. The summed E-state index contributed by atoms with van der Waals surface area (Å²) in [6.07, 6.45) is 2.76. The fourth-order valence-corrected chi connectivity index (χ4v) is 5.41. The maximum absolute atomic E-state index is 16.0. The molecule has 4 rings (SSSR count). The monoisotopic (exact) mass is 451 g/mol. The van der Waals surface area contributed by atoms with Crippen molar-refractivity contribution in [2.45, 2.75) is 55.7 Å². The molecular formula is C23H24Cl2FNO3. The molecule has 0 saturated carbocycles. The van der Waals surface area contributed by atoms with Crippen molar-refractivity contribution in [3.05, 3.63) is 63.4 Å². The average Bonchev–Trinajstić information content (AvgIpc) is 2.75. The Labute approximate surface area is 185 Å². The largest absolute Gasteiger partial charge is 0.387 e. The van der Waals surface area contributed by atoms with Crippen molar-refractivity contribution in [3.63, 3.8) is 0 Å². The Morgan fingerprint density at radius 2 is 1.97 bits per heavy atom. The molecular weight excluding hydrogens is 428 g/mol. The maximum atomic E-state index is 16.0. The Morgan fingerprint density at radius 1 is 1.20 bits per heavy atom. The van der Waals surface area contributed by atoms with Gasteiger partial charge in [-0.05, 0) is 55.9 Å². The number of fused-ring (bicyclic) bond motifs is 1. The summed E-state index contributed by atoms with van der Waals surface area (Å²) < 4.78 is 21.5. The van der Waals surface area contributed by atoms with Gasteiger partial charge in [-0.25, -0.2) is 4.39 Å². The number of pyridine rings is 1. The first-order valence-corrected chi connectivity index (χ1v) is 11.0. The van der Waals surface area contributed by atoms with Crippen LogP contribution in [0.4, 0.5) is 4.39 Å². The molecule has 7 heteroatoms. The summed E-state index contributed by atoms with van der Waals surface area (Å²) in [7, 11) is 0. The Hall–Kier alpha value is -1.53. The summed E-state index contributed by atoms with van der Waals surface area (Å²) in [5.74, 6) is -0.473. The van der Waals surface area contributed by atoms with E-state index >= 15 is 4.39 Å². The Bertz CT molecular complexity index is 948. The third kappa shape index (κ3) is 3.89. The molecule has 0 spiro atoms. The Morgan fingerprint density at radius 3 is 2.70 bits per heavy atom. The van der Waals surface area contributed by atoms with Crippen LogP contribution in [0.1, 0.15) is 61.4 Å². The second-order valence-corrected chi connectivity index (χ2v) is 9.08. The highest BCUT2D eigenvalue weighted by Gasteiger charge is 2.47. The molecule has 1 aromatic heterocycles. The molecule has 30 heavy (non-hydrogen) atoms. The van der Waals surface area contributed by atoms with E-state index < -0.39 is 17.6 Å². The van der Waals surface area contributed by atoms with E-state index in [9.17, 15) is 9.90 Å². The molecule has 4 nitrogen and oxygen atoms in total. The third-order valence-electron chi connectivity index (χ3n) is 6.57. The number of ketones is 1. The van der Waals surface area contributed by atoms with E-state index in [-0.39, 0.29) is 35.9 Å². The zero-order valence-corrected chi connectivity index (χ0v) is 18.1. The number of halogens is 3. The number of hydrogen-bond acceptors (Lipinski definition) is 4. The first-order chi connectivity index (χ1) is 14.4. The lowest BCUT2D eigenvalue weighted by Gasteiger charge is -2.39. The molecule has 0 amide bonds. The number of hydrogen-bond donors (Lipinski definition) is 1. The third-order valence-corrected chi connectivity index (χ3v) is 7.12. The lowest BCUT2D eigenvalue weighted by atomic mass is 9.69. The van der Waals surface area contributed by atoms with E-state index in [4.69, 9.17) is 27.9 Å². The van der Waals surface area contributed by atoms with E-state index in [0.717, 1.165) is 5.56 Å². The quantitative estimate of drug-likeness (QED) is 0.653. The van der Waals surface area contributed by atoms with Gasteiger partial charge in [-0.1, -0.05) is 35.3 Å². The van der Waals surface area contributed by atoms with Gasteiger partial charge in [-0.15, -0.1) is 0 Å². The topological polar surface area (TPSA) is 59.4 Å². The Kier molecular flexibility index (Phi) is 6.18. The van der Waals surface area contributed by atoms with Crippen LogP contribution in [0.5, 0.6) is 0 Å². The van der Waals surface area contributed by atoms with Gasteiger partial charge in [0.15, 0.2) is 11.5 Å². The van der Waals surface area contributed by atoms with Gasteiger partial charge in [0.1, 0.15) is 0 Å². The van der Waals surface area contributed by atoms with Gasteiger partial charge in [0.05, 0.1) is 11.8 Å². The molecule has 0 unspecified atom stereocenters. The first kappa shape index (κ1) is 21.7. The lowest BCUT2D eigenvalue weighted by Crippen LogP contribution is -2.39. The standard InChI is InChI=1S/C23H24Cl2FNO3/c24-15-3-4-16(18(25)14-15)22(9-12-30-13-10-22)7-6-20(29)23(26)8-5-19(28)21-17(23)2-1-11-27-21/h1-4,11,14,19,28H,5-10,12-13H2/t19-,23-/m0/s1. The van der Waals surface area contributed by atoms with Gasteiger partial charge >= 0.3 is 0 Å². The van der Waals surface area contributed by atoms with Crippen molar-refractivity contribution >= 4 is 29.0 Å². The highest BCUT2D eigenvalue weighted by atomic mass is 35.5. The van der Waals surface area contributed by atoms with Crippen LogP contribution >= 0.6 is 23.2 Å². The van der Waals surface area contributed by atoms with E-state index in [2.05, 4.69) is 4.98 Å². The SMILES string of the molecule is O=C(CCC1(c2ccc(Cl)cc2Cl)CCOCC1)[C@]1(F)CC[C@H](O)c2ncccc21. The van der Waals surface area contributed by atoms with Gasteiger partial charge in [-0.2, -0.15) is 0 Å². The van der Waals surface area contributed by atoms with E-state index in [1.54, 1.807) is 24.3 Å². The molecule has 1 aliphatic heterocycles. The molecule has 2 atom stereocenters. The van der Waals surface area contributed by atoms with Crippen LogP contribution < -0.4 is 0 Å². The van der Waals surface area contributed by atoms with Crippen molar-refractivity contribution in [2.75, 3.05) is 13.2 Å². The summed E-state index contributed by atoms with van der Waals surface area (Å²) in [6.45, 7) is 1.12. The fourth-order valence-electron chi connectivity index (χ4n) is 4.80. The predicted molar refractivity (Wildman–Crippen MR) is 114 cm³/mol. The normalized spacial score (nSPS) is 25.5. The number of benzene rings is 1. The summed E-state index contributed by atoms with van der Waals surface area (Å²) in [5, 5.41) is 11.3. The van der Waals surface area contributed by atoms with Crippen LogP contribution in [0.2, 0.25) is 10.0 Å². The van der Waals surface area contributed by atoms with E-state index in [1.807, 2.05) is 6.07 Å². The van der Waals surface area contributed by atoms with Gasteiger partial charge in [0, 0.05) is 46.9 Å². The fraction of sp³-hybridized carbons (Fsp3) is 0.478. The van der Waals surface area contributed by atoms with E-state index in [0.29, 0.717) is 42.5 Å². The van der Waals surface area contributed by atoms with Gasteiger partial charge < -0.3 is 9.84 Å². The van der Waals surface area contributed by atoms with Crippen LogP contribution in [-0.2, 0) is 20.6 Å². The second kappa shape index (κ2) is 8.54. The second-order valence-electron chi connectivity index (χ2n) is 8.23. The number of nitrogens with zero attached hydrogens (tertiary/aromatic N) is 1. The van der Waals surface area contributed by atoms with Crippen molar-refractivity contribution in [1.82, 2.24) is 4.98 Å². The van der Waals surface area contributed by atoms with Crippen molar-refractivity contribution in [1.29, 1.82) is 0 Å². The molecule has 1 aliphatic carbocycles. The number of carbonyl (C=O) groups is 1. The Balaban J connectivity index is 1.60. The highest BCUT2D eigenvalue weighted by Crippen LogP contribution is 2.47. The molecule has 0 bridgehead atoms. The van der Waals surface area contributed by atoms with E-state index in [1.165, 1.54) is 6.20 Å². The number of rotatable bonds is 5. The zero-order valence-electron chi connectivity index (χ0n) is 16.5. The average molecular weight is 452 g/mol. The summed E-state index contributed by atoms with van der Waals surface area (Å²) in [5.41, 5.74) is -1.10. The minimum atomic E-state index is -2.13. The summed E-state index contributed by atoms with van der Waals surface area (Å²) >= 11 is 12.6. The van der Waals surface area contributed by atoms with Crippen LogP contribution in [0.15, 0.2) is 36.5 Å². The molecule has 0 radical (unpaired) electrons. The lowest BCUT2D eigenvalue weighted by molar-refractivity contribution is -0.133. The number of aliphatic hydroxyl groups excluding tert-OH is 1. The zero-order chi connectivity index (χ0) is 21.4. The van der Waals surface area contributed by atoms with Crippen LogP contribution in [0.3, 0.4) is 0 Å². The van der Waals surface area contributed by atoms with Gasteiger partial charge in [0.2, 0.25) is 0 Å². The molecule has 2 heterocycles. The molecule has 1 saturated heterocycles. The number of carbonyl (C=O) groups excluding carboxylic acids is 1. The maximum Gasteiger partial charge on any atom is 0.195 e. The molecule has 1 N–H and O–H groups in total.